The molecule has 0 aliphatic heterocycles. The van der Waals surface area contributed by atoms with Crippen LogP contribution in [0.3, 0.4) is 0 Å². The molecule has 3 heteroatoms. The van der Waals surface area contributed by atoms with Crippen molar-refractivity contribution >= 4 is 11.5 Å². The molecule has 1 N–H and O–H groups in total. The van der Waals surface area contributed by atoms with Gasteiger partial charge in [0.25, 0.3) is 0 Å². The van der Waals surface area contributed by atoms with Crippen molar-refractivity contribution in [3.8, 4) is 5.75 Å². The topological polar surface area (TPSA) is 46.5 Å². The zero-order valence-corrected chi connectivity index (χ0v) is 14.9. The van der Waals surface area contributed by atoms with Crippen LogP contribution in [0.4, 0.5) is 0 Å². The second-order valence-electron chi connectivity index (χ2n) is 6.34. The summed E-state index contributed by atoms with van der Waals surface area (Å²) >= 11 is 0. The maximum atomic E-state index is 11.7. The Morgan fingerprint density at radius 2 is 1.69 bits per heavy atom. The van der Waals surface area contributed by atoms with E-state index in [2.05, 4.69) is 24.8 Å². The number of hydrogen-bond acceptors (Lipinski definition) is 3. The fourth-order valence-electron chi connectivity index (χ4n) is 2.93. The lowest BCUT2D eigenvalue weighted by atomic mass is 9.90. The summed E-state index contributed by atoms with van der Waals surface area (Å²) in [5.74, 6) is -0.000149. The zero-order valence-electron chi connectivity index (χ0n) is 14.9. The van der Waals surface area contributed by atoms with Crippen LogP contribution in [0.2, 0.25) is 0 Å². The molecule has 0 amide bonds. The molecule has 1 fully saturated rings. The summed E-state index contributed by atoms with van der Waals surface area (Å²) in [5, 5.41) is 9.65. The fourth-order valence-corrected chi connectivity index (χ4v) is 2.93. The van der Waals surface area contributed by atoms with Gasteiger partial charge in [-0.3, -0.25) is 4.79 Å². The number of phenolic OH excluding ortho intramolecular Hbond substituents is 1. The minimum atomic E-state index is -0.228. The fraction of sp³-hybridized carbons (Fsp3) is 0.174. The standard InChI is InChI=1S/C23H22O3/c1-16-14-20(16)15-19(10-13-22(25)26-2)23(17-6-4-3-5-7-17)18-8-11-21(24)12-9-18/h3-9,11-12,15,24H,1,10,13-14H2,2H3/b20-15-,23-19-. The number of phenols is 1. The Kier molecular flexibility index (Phi) is 5.37. The van der Waals surface area contributed by atoms with Crippen LogP contribution in [0.5, 0.6) is 5.75 Å². The molecule has 0 saturated heterocycles. The molecule has 0 spiro atoms. The highest BCUT2D eigenvalue weighted by Gasteiger charge is 2.20. The number of carbonyl (C=O) groups excluding carboxylic acids is 1. The quantitative estimate of drug-likeness (QED) is 0.746. The number of benzene rings is 2. The van der Waals surface area contributed by atoms with Gasteiger partial charge in [-0.05, 0) is 58.4 Å². The largest absolute Gasteiger partial charge is 0.508 e. The van der Waals surface area contributed by atoms with Crippen molar-refractivity contribution in [1.82, 2.24) is 0 Å². The second kappa shape index (κ2) is 7.87. The molecule has 0 radical (unpaired) electrons. The van der Waals surface area contributed by atoms with Crippen molar-refractivity contribution in [2.75, 3.05) is 7.11 Å². The molecule has 0 unspecified atom stereocenters. The molecule has 2 aromatic rings. The third-order valence-electron chi connectivity index (χ3n) is 4.45. The van der Waals surface area contributed by atoms with Gasteiger partial charge in [-0.15, -0.1) is 0 Å². The van der Waals surface area contributed by atoms with E-state index in [4.69, 9.17) is 4.74 Å². The number of carbonyl (C=O) groups is 1. The molecule has 2 aromatic carbocycles. The lowest BCUT2D eigenvalue weighted by Crippen LogP contribution is -2.02. The van der Waals surface area contributed by atoms with Crippen LogP contribution in [0, 0.1) is 0 Å². The molecule has 3 rings (SSSR count). The van der Waals surface area contributed by atoms with Crippen molar-refractivity contribution in [2.24, 2.45) is 0 Å². The minimum absolute atomic E-state index is 0.228. The van der Waals surface area contributed by atoms with Crippen LogP contribution in [0.1, 0.15) is 30.4 Å². The van der Waals surface area contributed by atoms with Gasteiger partial charge >= 0.3 is 5.97 Å². The van der Waals surface area contributed by atoms with E-state index in [-0.39, 0.29) is 11.7 Å². The lowest BCUT2D eigenvalue weighted by molar-refractivity contribution is -0.140. The van der Waals surface area contributed by atoms with E-state index in [1.807, 2.05) is 30.3 Å². The van der Waals surface area contributed by atoms with E-state index in [0.717, 1.165) is 34.3 Å². The van der Waals surface area contributed by atoms with Crippen LogP contribution < -0.4 is 0 Å². The molecule has 1 saturated carbocycles. The van der Waals surface area contributed by atoms with E-state index in [0.29, 0.717) is 12.8 Å². The number of hydrogen-bond donors (Lipinski definition) is 1. The summed E-state index contributed by atoms with van der Waals surface area (Å²) in [6.07, 6.45) is 3.95. The van der Waals surface area contributed by atoms with Crippen molar-refractivity contribution < 1.29 is 14.6 Å². The summed E-state index contributed by atoms with van der Waals surface area (Å²) in [6.45, 7) is 4.01. The Morgan fingerprint density at radius 1 is 1.08 bits per heavy atom. The van der Waals surface area contributed by atoms with Gasteiger partial charge in [-0.2, -0.15) is 0 Å². The maximum Gasteiger partial charge on any atom is 0.305 e. The predicted octanol–water partition coefficient (Wildman–Crippen LogP) is 5.03. The molecule has 3 nitrogen and oxygen atoms in total. The zero-order chi connectivity index (χ0) is 18.5. The molecule has 0 aromatic heterocycles. The smallest absolute Gasteiger partial charge is 0.305 e. The normalized spacial score (nSPS) is 15.6. The van der Waals surface area contributed by atoms with Gasteiger partial charge in [-0.25, -0.2) is 0 Å². The maximum absolute atomic E-state index is 11.7. The van der Waals surface area contributed by atoms with Crippen LogP contribution in [-0.4, -0.2) is 18.2 Å². The van der Waals surface area contributed by atoms with Gasteiger partial charge < -0.3 is 9.84 Å². The van der Waals surface area contributed by atoms with Gasteiger partial charge in [0.1, 0.15) is 5.75 Å². The van der Waals surface area contributed by atoms with E-state index in [1.165, 1.54) is 12.7 Å². The average molecular weight is 346 g/mol. The SMILES string of the molecule is C=C1C/C1=C/C(CCC(=O)OC)=C(/c1ccccc1)c1ccc(O)cc1. The number of methoxy groups -OCH3 is 1. The lowest BCUT2D eigenvalue weighted by Gasteiger charge is -2.14. The molecular weight excluding hydrogens is 324 g/mol. The van der Waals surface area contributed by atoms with Gasteiger partial charge in [0.15, 0.2) is 0 Å². The minimum Gasteiger partial charge on any atom is -0.508 e. The van der Waals surface area contributed by atoms with E-state index >= 15 is 0 Å². The predicted molar refractivity (Wildman–Crippen MR) is 104 cm³/mol. The molecular formula is C23H22O3. The highest BCUT2D eigenvalue weighted by Crippen LogP contribution is 2.39. The van der Waals surface area contributed by atoms with Crippen LogP contribution in [0.25, 0.3) is 5.57 Å². The number of aromatic hydroxyl groups is 1. The summed E-state index contributed by atoms with van der Waals surface area (Å²) in [7, 11) is 1.41. The first-order valence-electron chi connectivity index (χ1n) is 8.62. The highest BCUT2D eigenvalue weighted by atomic mass is 16.5. The van der Waals surface area contributed by atoms with E-state index in [1.54, 1.807) is 12.1 Å². The third-order valence-corrected chi connectivity index (χ3v) is 4.45. The number of rotatable bonds is 6. The first-order chi connectivity index (χ1) is 12.6. The monoisotopic (exact) mass is 346 g/mol. The first-order valence-corrected chi connectivity index (χ1v) is 8.62. The Morgan fingerprint density at radius 3 is 2.27 bits per heavy atom. The van der Waals surface area contributed by atoms with Crippen LogP contribution >= 0.6 is 0 Å². The molecule has 26 heavy (non-hydrogen) atoms. The molecule has 1 aliphatic carbocycles. The number of ether oxygens (including phenoxy) is 1. The molecule has 132 valence electrons. The Bertz CT molecular complexity index is 871. The Labute approximate surface area is 153 Å². The van der Waals surface area contributed by atoms with E-state index in [9.17, 15) is 9.90 Å². The summed E-state index contributed by atoms with van der Waals surface area (Å²) in [6, 6.07) is 17.2. The summed E-state index contributed by atoms with van der Waals surface area (Å²) in [5.41, 5.74) is 6.55. The molecule has 0 bridgehead atoms. The van der Waals surface area contributed by atoms with Crippen LogP contribution in [-0.2, 0) is 9.53 Å². The highest BCUT2D eigenvalue weighted by molar-refractivity contribution is 5.85. The van der Waals surface area contributed by atoms with Crippen molar-refractivity contribution in [3.63, 3.8) is 0 Å². The summed E-state index contributed by atoms with van der Waals surface area (Å²) < 4.78 is 4.82. The number of allylic oxidation sites excluding steroid dienone is 4. The average Bonchev–Trinajstić information content (AvgIpc) is 3.36. The second-order valence-corrected chi connectivity index (χ2v) is 6.34. The molecule has 1 aliphatic rings. The van der Waals surface area contributed by atoms with Gasteiger partial charge in [0, 0.05) is 6.42 Å². The Balaban J connectivity index is 2.13. The van der Waals surface area contributed by atoms with Crippen LogP contribution in [0.15, 0.2) is 84.0 Å². The van der Waals surface area contributed by atoms with Crippen molar-refractivity contribution in [2.45, 2.75) is 19.3 Å². The number of esters is 1. The van der Waals surface area contributed by atoms with Crippen molar-refractivity contribution in [3.05, 3.63) is 95.1 Å². The summed E-state index contributed by atoms with van der Waals surface area (Å²) in [4.78, 5) is 11.7. The Hall–Kier alpha value is -3.07. The van der Waals surface area contributed by atoms with E-state index < -0.39 is 0 Å². The van der Waals surface area contributed by atoms with Crippen molar-refractivity contribution in [1.29, 1.82) is 0 Å². The molecule has 0 heterocycles. The molecule has 0 atom stereocenters. The van der Waals surface area contributed by atoms with Gasteiger partial charge in [0.2, 0.25) is 0 Å². The third kappa shape index (κ3) is 4.31. The van der Waals surface area contributed by atoms with Gasteiger partial charge in [-0.1, -0.05) is 55.1 Å². The first kappa shape index (κ1) is 17.7. The van der Waals surface area contributed by atoms with Gasteiger partial charge in [0.05, 0.1) is 7.11 Å².